The minimum atomic E-state index is -0.104. The number of aryl methyl sites for hydroxylation is 1. The van der Waals surface area contributed by atoms with Crippen LogP contribution in [0.15, 0.2) is 66.1 Å². The molecule has 0 aliphatic carbocycles. The fraction of sp³-hybridized carbons (Fsp3) is 0.320. The number of aromatic nitrogens is 6. The number of hydrogen-bond donors (Lipinski definition) is 0. The third-order valence-corrected chi connectivity index (χ3v) is 5.76. The van der Waals surface area contributed by atoms with Crippen LogP contribution in [-0.2, 0) is 17.7 Å². The summed E-state index contributed by atoms with van der Waals surface area (Å²) in [4.78, 5) is 21.4. The molecule has 0 atom stereocenters. The summed E-state index contributed by atoms with van der Waals surface area (Å²) < 4.78 is 14.6. The molecule has 1 saturated heterocycles. The van der Waals surface area contributed by atoms with Gasteiger partial charge in [0.25, 0.3) is 0 Å². The monoisotopic (exact) mass is 458 g/mol. The van der Waals surface area contributed by atoms with Gasteiger partial charge in [-0.2, -0.15) is 10.2 Å². The number of rotatable bonds is 8. The lowest BCUT2D eigenvalue weighted by Gasteiger charge is -2.37. The van der Waals surface area contributed by atoms with Crippen molar-refractivity contribution < 1.29 is 9.47 Å². The van der Waals surface area contributed by atoms with Gasteiger partial charge in [0.05, 0.1) is 44.6 Å². The van der Waals surface area contributed by atoms with E-state index in [1.165, 1.54) is 6.07 Å². The molecule has 0 spiro atoms. The molecule has 0 unspecified atom stereocenters. The Morgan fingerprint density at radius 1 is 1.15 bits per heavy atom. The average Bonchev–Trinajstić information content (AvgIpc) is 3.33. The van der Waals surface area contributed by atoms with Crippen LogP contribution in [0.5, 0.6) is 5.75 Å². The highest BCUT2D eigenvalue weighted by Gasteiger charge is 2.34. The lowest BCUT2D eigenvalue weighted by atomic mass is 9.90. The lowest BCUT2D eigenvalue weighted by Crippen LogP contribution is -2.44. The Morgan fingerprint density at radius 2 is 1.97 bits per heavy atom. The van der Waals surface area contributed by atoms with Gasteiger partial charge in [0.1, 0.15) is 11.4 Å². The third kappa shape index (κ3) is 4.74. The van der Waals surface area contributed by atoms with Gasteiger partial charge in [-0.25, -0.2) is 14.6 Å². The molecule has 1 aliphatic heterocycles. The van der Waals surface area contributed by atoms with Crippen LogP contribution < -0.4 is 10.2 Å². The molecule has 1 fully saturated rings. The van der Waals surface area contributed by atoms with Crippen LogP contribution in [0.4, 0.5) is 0 Å². The van der Waals surface area contributed by atoms with Gasteiger partial charge >= 0.3 is 0 Å². The van der Waals surface area contributed by atoms with E-state index in [1.807, 2.05) is 42.1 Å². The first-order valence-corrected chi connectivity index (χ1v) is 11.2. The quantitative estimate of drug-likeness (QED) is 0.400. The summed E-state index contributed by atoms with van der Waals surface area (Å²) in [7, 11) is 0. The standard InChI is InChI=1S/C25H26N6O3/c1-3-30-14-20(11-28-30)31-8-7-23(32)22(29-31)10-18-5-4-6-19(9-18)24-26-12-21(13-27-24)34-17-25(2)15-33-16-25/h4-9,11-14H,3,10,15-17H2,1-2H3. The van der Waals surface area contributed by atoms with Gasteiger partial charge in [-0.1, -0.05) is 25.1 Å². The van der Waals surface area contributed by atoms with E-state index < -0.39 is 0 Å². The van der Waals surface area contributed by atoms with Crippen LogP contribution in [-0.4, -0.2) is 49.3 Å². The fourth-order valence-corrected chi connectivity index (χ4v) is 3.70. The summed E-state index contributed by atoms with van der Waals surface area (Å²) in [6.45, 7) is 6.91. The summed E-state index contributed by atoms with van der Waals surface area (Å²) in [5.41, 5.74) is 3.05. The molecule has 1 aliphatic rings. The summed E-state index contributed by atoms with van der Waals surface area (Å²) in [6.07, 6.45) is 9.06. The highest BCUT2D eigenvalue weighted by molar-refractivity contribution is 5.56. The van der Waals surface area contributed by atoms with Crippen LogP contribution in [0.25, 0.3) is 17.1 Å². The minimum absolute atomic E-state index is 0.0630. The molecule has 0 saturated carbocycles. The molecular weight excluding hydrogens is 432 g/mol. The van der Waals surface area contributed by atoms with Gasteiger partial charge in [-0.15, -0.1) is 0 Å². The number of nitrogens with zero attached hydrogens (tertiary/aromatic N) is 6. The van der Waals surface area contributed by atoms with Crippen molar-refractivity contribution in [1.29, 1.82) is 0 Å². The van der Waals surface area contributed by atoms with Crippen LogP contribution >= 0.6 is 0 Å². The second kappa shape index (κ2) is 9.18. The summed E-state index contributed by atoms with van der Waals surface area (Å²) in [6, 6.07) is 9.37. The second-order valence-electron chi connectivity index (χ2n) is 8.84. The largest absolute Gasteiger partial charge is 0.490 e. The molecule has 1 aromatic carbocycles. The number of hydrogen-bond acceptors (Lipinski definition) is 7. The van der Waals surface area contributed by atoms with E-state index >= 15 is 0 Å². The van der Waals surface area contributed by atoms with E-state index in [1.54, 1.807) is 29.5 Å². The lowest BCUT2D eigenvalue weighted by molar-refractivity contribution is -0.120. The molecule has 34 heavy (non-hydrogen) atoms. The van der Waals surface area contributed by atoms with Crippen LogP contribution in [0, 0.1) is 5.41 Å². The smallest absolute Gasteiger partial charge is 0.203 e. The Morgan fingerprint density at radius 3 is 2.68 bits per heavy atom. The summed E-state index contributed by atoms with van der Waals surface area (Å²) >= 11 is 0. The third-order valence-electron chi connectivity index (χ3n) is 5.76. The molecule has 9 heteroatoms. The first kappa shape index (κ1) is 22.0. The average molecular weight is 459 g/mol. The molecule has 9 nitrogen and oxygen atoms in total. The van der Waals surface area contributed by atoms with Crippen molar-refractivity contribution in [2.45, 2.75) is 26.8 Å². The van der Waals surface area contributed by atoms with Gasteiger partial charge < -0.3 is 9.47 Å². The first-order valence-electron chi connectivity index (χ1n) is 11.2. The van der Waals surface area contributed by atoms with Crippen molar-refractivity contribution in [3.63, 3.8) is 0 Å². The Bertz CT molecular complexity index is 1340. The van der Waals surface area contributed by atoms with Crippen LogP contribution in [0.2, 0.25) is 0 Å². The topological polar surface area (TPSA) is 97.0 Å². The van der Waals surface area contributed by atoms with Crippen LogP contribution in [0.1, 0.15) is 25.1 Å². The predicted molar refractivity (Wildman–Crippen MR) is 126 cm³/mol. The molecule has 0 N–H and O–H groups in total. The zero-order valence-electron chi connectivity index (χ0n) is 19.2. The van der Waals surface area contributed by atoms with E-state index in [0.29, 0.717) is 43.5 Å². The summed E-state index contributed by atoms with van der Waals surface area (Å²) in [5.74, 6) is 1.23. The molecule has 4 aromatic rings. The molecule has 0 bridgehead atoms. The minimum Gasteiger partial charge on any atom is -0.490 e. The zero-order valence-corrected chi connectivity index (χ0v) is 19.2. The number of ether oxygens (including phenoxy) is 2. The van der Waals surface area contributed by atoms with Crippen molar-refractivity contribution >= 4 is 0 Å². The van der Waals surface area contributed by atoms with E-state index in [2.05, 4.69) is 27.1 Å². The second-order valence-corrected chi connectivity index (χ2v) is 8.84. The molecule has 5 rings (SSSR count). The fourth-order valence-electron chi connectivity index (χ4n) is 3.70. The maximum absolute atomic E-state index is 12.5. The normalized spacial score (nSPS) is 14.5. The molecule has 4 heterocycles. The van der Waals surface area contributed by atoms with Gasteiger partial charge in [-0.05, 0) is 18.6 Å². The van der Waals surface area contributed by atoms with Gasteiger partial charge in [-0.3, -0.25) is 9.48 Å². The van der Waals surface area contributed by atoms with Crippen molar-refractivity contribution in [2.75, 3.05) is 19.8 Å². The van der Waals surface area contributed by atoms with Crippen molar-refractivity contribution in [1.82, 2.24) is 29.5 Å². The number of benzene rings is 1. The van der Waals surface area contributed by atoms with Crippen molar-refractivity contribution in [3.8, 4) is 22.8 Å². The van der Waals surface area contributed by atoms with E-state index in [-0.39, 0.29) is 10.8 Å². The van der Waals surface area contributed by atoms with Gasteiger partial charge in [0.15, 0.2) is 11.6 Å². The van der Waals surface area contributed by atoms with E-state index in [9.17, 15) is 4.79 Å². The highest BCUT2D eigenvalue weighted by Crippen LogP contribution is 2.27. The maximum atomic E-state index is 12.5. The first-order chi connectivity index (χ1) is 16.5. The molecule has 174 valence electrons. The van der Waals surface area contributed by atoms with Crippen LogP contribution in [0.3, 0.4) is 0 Å². The van der Waals surface area contributed by atoms with Crippen molar-refractivity contribution in [3.05, 3.63) is 82.8 Å². The molecule has 3 aromatic heterocycles. The molecule has 0 amide bonds. The zero-order chi connectivity index (χ0) is 23.5. The van der Waals surface area contributed by atoms with E-state index in [4.69, 9.17) is 9.47 Å². The molecule has 0 radical (unpaired) electrons. The molecular formula is C25H26N6O3. The highest BCUT2D eigenvalue weighted by atomic mass is 16.5. The maximum Gasteiger partial charge on any atom is 0.203 e. The summed E-state index contributed by atoms with van der Waals surface area (Å²) in [5, 5.41) is 8.82. The van der Waals surface area contributed by atoms with Crippen molar-refractivity contribution in [2.24, 2.45) is 5.41 Å². The Labute approximate surface area is 197 Å². The Kier molecular flexibility index (Phi) is 5.93. The Balaban J connectivity index is 1.31. The van der Waals surface area contributed by atoms with Gasteiger partial charge in [0.2, 0.25) is 5.43 Å². The van der Waals surface area contributed by atoms with Gasteiger partial charge in [0, 0.05) is 36.2 Å². The SMILES string of the molecule is CCn1cc(-n2ccc(=O)c(Cc3cccc(-c4ncc(OCC5(C)COC5)cn4)c3)n2)cn1. The van der Waals surface area contributed by atoms with E-state index in [0.717, 1.165) is 23.4 Å². The predicted octanol–water partition coefficient (Wildman–Crippen LogP) is 2.91. The Hall–Kier alpha value is -3.85.